The first-order valence-corrected chi connectivity index (χ1v) is 11.9. The van der Waals surface area contributed by atoms with Crippen molar-refractivity contribution < 1.29 is 19.3 Å². The van der Waals surface area contributed by atoms with E-state index in [2.05, 4.69) is 31.2 Å². The second kappa shape index (κ2) is 14.0. The third kappa shape index (κ3) is 9.04. The summed E-state index contributed by atoms with van der Waals surface area (Å²) in [6.45, 7) is 6.04. The van der Waals surface area contributed by atoms with Crippen LogP contribution in [0.25, 0.3) is 0 Å². The SMILES string of the molecule is CCCCCCCC/C=C/[C@@H]1[C@@H](C/C=C\CCCC(=O)OC(C)C)[C@@H]2C[C@H]1OO2. The predicted octanol–water partition coefficient (Wildman–Crippen LogP) is 6.70. The molecule has 1 saturated carbocycles. The first-order chi connectivity index (χ1) is 14.1. The van der Waals surface area contributed by atoms with E-state index in [0.29, 0.717) is 18.3 Å². The Morgan fingerprint density at radius 1 is 0.966 bits per heavy atom. The zero-order valence-electron chi connectivity index (χ0n) is 18.8. The van der Waals surface area contributed by atoms with Crippen molar-refractivity contribution in [3.05, 3.63) is 24.3 Å². The Balaban J connectivity index is 1.63. The van der Waals surface area contributed by atoms with Gasteiger partial charge in [-0.25, -0.2) is 9.78 Å². The quantitative estimate of drug-likeness (QED) is 0.131. The minimum absolute atomic E-state index is 0.0240. The fourth-order valence-corrected chi connectivity index (χ4v) is 4.37. The van der Waals surface area contributed by atoms with Gasteiger partial charge in [-0.3, -0.25) is 4.79 Å². The maximum atomic E-state index is 11.6. The standard InChI is InChI=1S/C25H42O4/c1-4-5-6-7-8-9-10-13-16-21-22(24-19-23(21)28-29-24)17-14-11-12-15-18-25(26)27-20(2)3/h11,13-14,16,20-24H,4-10,12,15,17-19H2,1-3H3/b14-11-,16-13+/t21-,22-,23-,24+/m1/s1. The van der Waals surface area contributed by atoms with Gasteiger partial charge in [0.1, 0.15) is 6.10 Å². The Hall–Kier alpha value is -1.13. The molecular formula is C25H42O4. The molecule has 0 unspecified atom stereocenters. The minimum atomic E-state index is -0.0948. The highest BCUT2D eigenvalue weighted by Gasteiger charge is 2.49. The lowest BCUT2D eigenvalue weighted by atomic mass is 9.89. The second-order valence-electron chi connectivity index (χ2n) is 8.87. The maximum Gasteiger partial charge on any atom is 0.306 e. The molecule has 166 valence electrons. The number of fused-ring (bicyclic) bond motifs is 2. The average molecular weight is 407 g/mol. The van der Waals surface area contributed by atoms with E-state index in [1.54, 1.807) is 0 Å². The molecule has 2 fully saturated rings. The van der Waals surface area contributed by atoms with Gasteiger partial charge in [0.2, 0.25) is 0 Å². The third-order valence-electron chi connectivity index (χ3n) is 5.94. The third-order valence-corrected chi connectivity index (χ3v) is 5.94. The molecule has 1 aliphatic heterocycles. The van der Waals surface area contributed by atoms with Crippen molar-refractivity contribution in [2.24, 2.45) is 11.8 Å². The molecule has 1 aliphatic carbocycles. The number of esters is 1. The van der Waals surface area contributed by atoms with Gasteiger partial charge < -0.3 is 4.74 Å². The molecule has 2 aliphatic rings. The van der Waals surface area contributed by atoms with Gasteiger partial charge in [0.05, 0.1) is 12.2 Å². The molecule has 29 heavy (non-hydrogen) atoms. The molecule has 2 rings (SSSR count). The summed E-state index contributed by atoms with van der Waals surface area (Å²) in [5.74, 6) is 0.888. The highest BCUT2D eigenvalue weighted by Crippen LogP contribution is 2.44. The molecular weight excluding hydrogens is 364 g/mol. The van der Waals surface area contributed by atoms with Gasteiger partial charge in [-0.1, -0.05) is 63.3 Å². The van der Waals surface area contributed by atoms with Crippen LogP contribution >= 0.6 is 0 Å². The number of allylic oxidation sites excluding steroid dienone is 3. The number of ether oxygens (including phenoxy) is 1. The Labute approximate surface area is 178 Å². The van der Waals surface area contributed by atoms with Crippen LogP contribution in [0, 0.1) is 11.8 Å². The molecule has 0 aromatic carbocycles. The van der Waals surface area contributed by atoms with Crippen molar-refractivity contribution in [3.8, 4) is 0 Å². The van der Waals surface area contributed by atoms with Crippen molar-refractivity contribution in [2.45, 2.75) is 116 Å². The summed E-state index contributed by atoms with van der Waals surface area (Å²) < 4.78 is 5.16. The molecule has 1 heterocycles. The van der Waals surface area contributed by atoms with Gasteiger partial charge in [0.15, 0.2) is 0 Å². The Kier molecular flexibility index (Phi) is 11.6. The number of carbonyl (C=O) groups excluding carboxylic acids is 1. The summed E-state index contributed by atoms with van der Waals surface area (Å²) >= 11 is 0. The van der Waals surface area contributed by atoms with Crippen LogP contribution < -0.4 is 0 Å². The van der Waals surface area contributed by atoms with Gasteiger partial charge >= 0.3 is 5.97 Å². The van der Waals surface area contributed by atoms with E-state index in [1.165, 1.54) is 44.9 Å². The largest absolute Gasteiger partial charge is 0.463 e. The molecule has 4 nitrogen and oxygen atoms in total. The summed E-state index contributed by atoms with van der Waals surface area (Å²) in [5, 5.41) is 0. The number of rotatable bonds is 15. The Morgan fingerprint density at radius 2 is 1.69 bits per heavy atom. The highest BCUT2D eigenvalue weighted by molar-refractivity contribution is 5.69. The van der Waals surface area contributed by atoms with Crippen molar-refractivity contribution in [1.82, 2.24) is 0 Å². The molecule has 0 radical (unpaired) electrons. The van der Waals surface area contributed by atoms with Gasteiger partial charge in [-0.05, 0) is 46.0 Å². The number of hydrogen-bond acceptors (Lipinski definition) is 4. The molecule has 4 heteroatoms. The second-order valence-corrected chi connectivity index (χ2v) is 8.87. The first kappa shape index (κ1) is 24.1. The first-order valence-electron chi connectivity index (χ1n) is 11.9. The van der Waals surface area contributed by atoms with Crippen molar-refractivity contribution in [1.29, 1.82) is 0 Å². The van der Waals surface area contributed by atoms with Crippen molar-refractivity contribution in [2.75, 3.05) is 0 Å². The Bertz CT molecular complexity index is 511. The summed E-state index contributed by atoms with van der Waals surface area (Å²) in [4.78, 5) is 22.5. The molecule has 0 spiro atoms. The highest BCUT2D eigenvalue weighted by atomic mass is 17.2. The van der Waals surface area contributed by atoms with Crippen LogP contribution in [0.4, 0.5) is 0 Å². The van der Waals surface area contributed by atoms with E-state index in [4.69, 9.17) is 14.5 Å². The van der Waals surface area contributed by atoms with Crippen LogP contribution in [0.1, 0.15) is 97.8 Å². The smallest absolute Gasteiger partial charge is 0.306 e. The van der Waals surface area contributed by atoms with E-state index < -0.39 is 0 Å². The summed E-state index contributed by atoms with van der Waals surface area (Å²) in [7, 11) is 0. The van der Waals surface area contributed by atoms with Gasteiger partial charge in [-0.2, -0.15) is 0 Å². The van der Waals surface area contributed by atoms with Gasteiger partial charge in [0, 0.05) is 24.7 Å². The van der Waals surface area contributed by atoms with E-state index in [-0.39, 0.29) is 24.3 Å². The van der Waals surface area contributed by atoms with E-state index in [9.17, 15) is 4.79 Å². The van der Waals surface area contributed by atoms with Crippen LogP contribution in [0.2, 0.25) is 0 Å². The average Bonchev–Trinajstić information content (AvgIpc) is 3.28. The zero-order chi connectivity index (χ0) is 20.9. The molecule has 0 N–H and O–H groups in total. The fraction of sp³-hybridized carbons (Fsp3) is 0.800. The lowest BCUT2D eigenvalue weighted by molar-refractivity contribution is -0.336. The topological polar surface area (TPSA) is 44.8 Å². The van der Waals surface area contributed by atoms with Crippen LogP contribution in [-0.2, 0) is 19.3 Å². The molecule has 2 bridgehead atoms. The van der Waals surface area contributed by atoms with E-state index in [0.717, 1.165) is 25.7 Å². The molecule has 4 atom stereocenters. The maximum absolute atomic E-state index is 11.6. The normalized spacial score (nSPS) is 26.3. The minimum Gasteiger partial charge on any atom is -0.463 e. The lowest BCUT2D eigenvalue weighted by Gasteiger charge is -2.27. The number of carbonyl (C=O) groups is 1. The summed E-state index contributed by atoms with van der Waals surface area (Å²) in [5.41, 5.74) is 0. The zero-order valence-corrected chi connectivity index (χ0v) is 18.8. The number of unbranched alkanes of at least 4 members (excludes halogenated alkanes) is 7. The fourth-order valence-electron chi connectivity index (χ4n) is 4.37. The van der Waals surface area contributed by atoms with Crippen molar-refractivity contribution >= 4 is 5.97 Å². The van der Waals surface area contributed by atoms with Gasteiger partial charge in [-0.15, -0.1) is 0 Å². The Morgan fingerprint density at radius 3 is 2.48 bits per heavy atom. The van der Waals surface area contributed by atoms with E-state index in [1.807, 2.05) is 13.8 Å². The number of hydrogen-bond donors (Lipinski definition) is 0. The molecule has 0 aromatic heterocycles. The van der Waals surface area contributed by atoms with Crippen LogP contribution in [0.5, 0.6) is 0 Å². The van der Waals surface area contributed by atoms with Crippen molar-refractivity contribution in [3.63, 3.8) is 0 Å². The lowest BCUT2D eigenvalue weighted by Crippen LogP contribution is -2.28. The predicted molar refractivity (Wildman–Crippen MR) is 117 cm³/mol. The monoisotopic (exact) mass is 406 g/mol. The van der Waals surface area contributed by atoms with Crippen LogP contribution in [-0.4, -0.2) is 24.3 Å². The van der Waals surface area contributed by atoms with Gasteiger partial charge in [0.25, 0.3) is 0 Å². The molecule has 0 aromatic rings. The molecule has 1 saturated heterocycles. The van der Waals surface area contributed by atoms with Crippen LogP contribution in [0.3, 0.4) is 0 Å². The summed E-state index contributed by atoms with van der Waals surface area (Å²) in [6.07, 6.45) is 23.2. The summed E-state index contributed by atoms with van der Waals surface area (Å²) in [6, 6.07) is 0. The molecule has 0 amide bonds. The van der Waals surface area contributed by atoms with E-state index >= 15 is 0 Å². The van der Waals surface area contributed by atoms with Crippen LogP contribution in [0.15, 0.2) is 24.3 Å².